The Labute approximate surface area is 110 Å². The summed E-state index contributed by atoms with van der Waals surface area (Å²) in [6.45, 7) is 1.91. The van der Waals surface area contributed by atoms with Crippen molar-refractivity contribution in [2.45, 2.75) is 19.4 Å². The zero-order chi connectivity index (χ0) is 13.4. The number of carbonyl (C=O) groups excluding carboxylic acids is 1. The second-order valence-electron chi connectivity index (χ2n) is 4.65. The van der Waals surface area contributed by atoms with E-state index in [1.165, 1.54) is 12.1 Å². The molecule has 1 atom stereocenters. The lowest BCUT2D eigenvalue weighted by atomic mass is 9.97. The lowest BCUT2D eigenvalue weighted by Crippen LogP contribution is -2.20. The van der Waals surface area contributed by atoms with Crippen LogP contribution < -0.4 is 4.74 Å². The number of fused-ring (bicyclic) bond motifs is 1. The molecular formula is C15H13NO3. The molecule has 0 spiro atoms. The first-order valence-electron chi connectivity index (χ1n) is 6.09. The number of benzene rings is 1. The van der Waals surface area contributed by atoms with E-state index in [0.717, 1.165) is 11.3 Å². The highest BCUT2D eigenvalue weighted by molar-refractivity contribution is 6.00. The summed E-state index contributed by atoms with van der Waals surface area (Å²) in [5.41, 5.74) is 2.25. The second kappa shape index (κ2) is 4.39. The summed E-state index contributed by atoms with van der Waals surface area (Å²) in [5.74, 6) is 0.563. The van der Waals surface area contributed by atoms with E-state index < -0.39 is 0 Å². The summed E-state index contributed by atoms with van der Waals surface area (Å²) in [7, 11) is 0. The number of aromatic nitrogens is 1. The van der Waals surface area contributed by atoms with Gasteiger partial charge in [0.05, 0.1) is 12.0 Å². The van der Waals surface area contributed by atoms with Crippen LogP contribution in [0.5, 0.6) is 11.5 Å². The van der Waals surface area contributed by atoms with Crippen molar-refractivity contribution in [2.24, 2.45) is 0 Å². The highest BCUT2D eigenvalue weighted by Crippen LogP contribution is 2.36. The zero-order valence-electron chi connectivity index (χ0n) is 10.5. The van der Waals surface area contributed by atoms with E-state index in [1.807, 2.05) is 19.1 Å². The topological polar surface area (TPSA) is 59.4 Å². The molecule has 2 aromatic rings. The first-order valence-corrected chi connectivity index (χ1v) is 6.09. The van der Waals surface area contributed by atoms with Gasteiger partial charge in [0.2, 0.25) is 0 Å². The fourth-order valence-corrected chi connectivity index (χ4v) is 2.17. The van der Waals surface area contributed by atoms with Gasteiger partial charge in [-0.05, 0) is 31.2 Å². The number of ether oxygens (including phenoxy) is 1. The number of hydrogen-bond donors (Lipinski definition) is 1. The standard InChI is InChI=1S/C15H13NO3/c1-9-2-3-10(8-16-9)15-7-13(18)12-6-11(17)4-5-14(12)19-15/h2-6,8,15,17H,7H2,1H3. The maximum atomic E-state index is 12.1. The number of phenols is 1. The van der Waals surface area contributed by atoms with E-state index in [0.29, 0.717) is 11.3 Å². The molecule has 1 aromatic heterocycles. The molecule has 1 aliphatic rings. The van der Waals surface area contributed by atoms with Crippen molar-refractivity contribution in [3.05, 3.63) is 53.3 Å². The average molecular weight is 255 g/mol. The number of nitrogens with zero attached hydrogens (tertiary/aromatic N) is 1. The molecule has 0 amide bonds. The Morgan fingerprint density at radius 1 is 1.32 bits per heavy atom. The van der Waals surface area contributed by atoms with Crippen molar-refractivity contribution < 1.29 is 14.6 Å². The molecule has 0 radical (unpaired) electrons. The summed E-state index contributed by atoms with van der Waals surface area (Å²) in [5, 5.41) is 9.40. The Balaban J connectivity index is 1.95. The van der Waals surface area contributed by atoms with Crippen molar-refractivity contribution in [2.75, 3.05) is 0 Å². The van der Waals surface area contributed by atoms with Crippen LogP contribution in [0.25, 0.3) is 0 Å². The molecule has 19 heavy (non-hydrogen) atoms. The minimum Gasteiger partial charge on any atom is -0.508 e. The molecule has 2 heterocycles. The highest BCUT2D eigenvalue weighted by atomic mass is 16.5. The third kappa shape index (κ3) is 2.17. The van der Waals surface area contributed by atoms with Gasteiger partial charge in [-0.3, -0.25) is 9.78 Å². The maximum Gasteiger partial charge on any atom is 0.170 e. The van der Waals surface area contributed by atoms with Crippen LogP contribution in [0, 0.1) is 6.92 Å². The monoisotopic (exact) mass is 255 g/mol. The molecule has 0 aliphatic carbocycles. The summed E-state index contributed by atoms with van der Waals surface area (Å²) < 4.78 is 5.81. The molecule has 0 fully saturated rings. The maximum absolute atomic E-state index is 12.1. The summed E-state index contributed by atoms with van der Waals surface area (Å²) >= 11 is 0. The Hall–Kier alpha value is -2.36. The van der Waals surface area contributed by atoms with Crippen LogP contribution in [0.1, 0.15) is 34.1 Å². The molecule has 1 aromatic carbocycles. The van der Waals surface area contributed by atoms with Gasteiger partial charge in [-0.25, -0.2) is 0 Å². The van der Waals surface area contributed by atoms with E-state index in [9.17, 15) is 9.90 Å². The quantitative estimate of drug-likeness (QED) is 0.851. The van der Waals surface area contributed by atoms with Gasteiger partial charge in [-0.2, -0.15) is 0 Å². The van der Waals surface area contributed by atoms with E-state index in [1.54, 1.807) is 12.3 Å². The third-order valence-electron chi connectivity index (χ3n) is 3.21. The molecule has 1 N–H and O–H groups in total. The third-order valence-corrected chi connectivity index (χ3v) is 3.21. The smallest absolute Gasteiger partial charge is 0.170 e. The first kappa shape index (κ1) is 11.7. The SMILES string of the molecule is Cc1ccc(C2CC(=O)c3cc(O)ccc3O2)cn1. The van der Waals surface area contributed by atoms with Crippen LogP contribution in [-0.4, -0.2) is 15.9 Å². The van der Waals surface area contributed by atoms with E-state index >= 15 is 0 Å². The van der Waals surface area contributed by atoms with Crippen molar-refractivity contribution >= 4 is 5.78 Å². The number of rotatable bonds is 1. The van der Waals surface area contributed by atoms with Crippen LogP contribution in [0.3, 0.4) is 0 Å². The number of aryl methyl sites for hydroxylation is 1. The number of carbonyl (C=O) groups is 1. The fourth-order valence-electron chi connectivity index (χ4n) is 2.17. The van der Waals surface area contributed by atoms with Crippen molar-refractivity contribution in [3.8, 4) is 11.5 Å². The fraction of sp³-hybridized carbons (Fsp3) is 0.200. The highest BCUT2D eigenvalue weighted by Gasteiger charge is 2.28. The Bertz CT molecular complexity index is 634. The van der Waals surface area contributed by atoms with Crippen LogP contribution in [0.4, 0.5) is 0 Å². The number of pyridine rings is 1. The van der Waals surface area contributed by atoms with Gasteiger partial charge in [0.1, 0.15) is 17.6 Å². The molecular weight excluding hydrogens is 242 g/mol. The van der Waals surface area contributed by atoms with Gasteiger partial charge < -0.3 is 9.84 Å². The predicted molar refractivity (Wildman–Crippen MR) is 69.4 cm³/mol. The normalized spacial score (nSPS) is 17.7. The van der Waals surface area contributed by atoms with E-state index in [4.69, 9.17) is 4.74 Å². The van der Waals surface area contributed by atoms with Gasteiger partial charge in [0.25, 0.3) is 0 Å². The molecule has 1 unspecified atom stereocenters. The van der Waals surface area contributed by atoms with E-state index in [2.05, 4.69) is 4.98 Å². The van der Waals surface area contributed by atoms with Crippen LogP contribution in [0.15, 0.2) is 36.5 Å². The molecule has 3 rings (SSSR count). The molecule has 0 saturated carbocycles. The second-order valence-corrected chi connectivity index (χ2v) is 4.65. The van der Waals surface area contributed by atoms with Gasteiger partial charge in [-0.1, -0.05) is 6.07 Å². The predicted octanol–water partition coefficient (Wildman–Crippen LogP) is 2.80. The first-order chi connectivity index (χ1) is 9.13. The average Bonchev–Trinajstić information content (AvgIpc) is 2.40. The Kier molecular flexibility index (Phi) is 2.71. The Morgan fingerprint density at radius 2 is 2.16 bits per heavy atom. The molecule has 0 bridgehead atoms. The van der Waals surface area contributed by atoms with Crippen molar-refractivity contribution in [1.82, 2.24) is 4.98 Å². The van der Waals surface area contributed by atoms with Gasteiger partial charge in [0.15, 0.2) is 5.78 Å². The number of Topliss-reactive ketones (excluding diaryl/α,β-unsaturated/α-hetero) is 1. The van der Waals surface area contributed by atoms with Crippen LogP contribution in [-0.2, 0) is 0 Å². The molecule has 4 heteroatoms. The molecule has 1 aliphatic heterocycles. The summed E-state index contributed by atoms with van der Waals surface area (Å²) in [4.78, 5) is 16.3. The minimum absolute atomic E-state index is 0.0253. The zero-order valence-corrected chi connectivity index (χ0v) is 10.5. The largest absolute Gasteiger partial charge is 0.508 e. The lowest BCUT2D eigenvalue weighted by molar-refractivity contribution is 0.0849. The van der Waals surface area contributed by atoms with Gasteiger partial charge in [-0.15, -0.1) is 0 Å². The molecule has 96 valence electrons. The number of aromatic hydroxyl groups is 1. The number of hydrogen-bond acceptors (Lipinski definition) is 4. The van der Waals surface area contributed by atoms with E-state index in [-0.39, 0.29) is 24.1 Å². The van der Waals surface area contributed by atoms with Crippen molar-refractivity contribution in [3.63, 3.8) is 0 Å². The summed E-state index contributed by atoms with van der Waals surface area (Å²) in [6, 6.07) is 8.40. The van der Waals surface area contributed by atoms with Crippen molar-refractivity contribution in [1.29, 1.82) is 0 Å². The Morgan fingerprint density at radius 3 is 2.89 bits per heavy atom. The molecule has 4 nitrogen and oxygen atoms in total. The molecule has 0 saturated heterocycles. The summed E-state index contributed by atoms with van der Waals surface area (Å²) in [6.07, 6.45) is 1.69. The van der Waals surface area contributed by atoms with Gasteiger partial charge in [0, 0.05) is 17.5 Å². The van der Waals surface area contributed by atoms with Gasteiger partial charge >= 0.3 is 0 Å². The number of ketones is 1. The van der Waals surface area contributed by atoms with Crippen LogP contribution in [0.2, 0.25) is 0 Å². The van der Waals surface area contributed by atoms with Crippen LogP contribution >= 0.6 is 0 Å². The number of phenolic OH excluding ortho intramolecular Hbond substituents is 1. The minimum atomic E-state index is -0.308. The lowest BCUT2D eigenvalue weighted by Gasteiger charge is -2.25.